The number of carbonyl (C=O) groups excluding carboxylic acids is 1. The van der Waals surface area contributed by atoms with Gasteiger partial charge in [0.05, 0.1) is 0 Å². The first-order valence-electron chi connectivity index (χ1n) is 6.26. The molecular weight excluding hydrogens is 222 g/mol. The topological polar surface area (TPSA) is 20.3 Å². The number of hydrogen-bond acceptors (Lipinski definition) is 2. The molecule has 0 N–H and O–H groups in total. The molecule has 0 saturated carbocycles. The summed E-state index contributed by atoms with van der Waals surface area (Å²) in [5.74, 6) is 0.242. The zero-order valence-electron chi connectivity index (χ0n) is 11.2. The number of Topliss-reactive ketones (excluding diaryl/α,β-unsaturated/α-hetero) is 1. The molecular formula is C16H19NO. The van der Waals surface area contributed by atoms with Gasteiger partial charge in [-0.25, -0.2) is 0 Å². The minimum absolute atomic E-state index is 0.0193. The molecule has 0 aliphatic rings. The van der Waals surface area contributed by atoms with Gasteiger partial charge in [0.1, 0.15) is 0 Å². The molecule has 0 aliphatic heterocycles. The maximum atomic E-state index is 12.5. The lowest BCUT2D eigenvalue weighted by Gasteiger charge is -2.16. The van der Waals surface area contributed by atoms with Gasteiger partial charge >= 0.3 is 0 Å². The molecule has 1 unspecified atom stereocenters. The molecule has 2 heteroatoms. The van der Waals surface area contributed by atoms with Crippen LogP contribution in [-0.2, 0) is 0 Å². The van der Waals surface area contributed by atoms with Gasteiger partial charge in [-0.05, 0) is 24.9 Å². The van der Waals surface area contributed by atoms with E-state index in [1.165, 1.54) is 0 Å². The quantitative estimate of drug-likeness (QED) is 0.766. The molecule has 2 nitrogen and oxygen atoms in total. The molecule has 94 valence electrons. The molecule has 0 bridgehead atoms. The Labute approximate surface area is 108 Å². The third kappa shape index (κ3) is 2.59. The summed E-state index contributed by atoms with van der Waals surface area (Å²) in [6.45, 7) is 2.77. The lowest BCUT2D eigenvalue weighted by molar-refractivity contribution is 0.0911. The fraction of sp³-hybridized carbons (Fsp3) is 0.312. The average molecular weight is 241 g/mol. The van der Waals surface area contributed by atoms with Gasteiger partial charge in [0.15, 0.2) is 5.78 Å². The Morgan fingerprint density at radius 3 is 2.50 bits per heavy atom. The monoisotopic (exact) mass is 241 g/mol. The first-order chi connectivity index (χ1) is 8.59. The number of benzene rings is 2. The molecule has 1 atom stereocenters. The van der Waals surface area contributed by atoms with Gasteiger partial charge < -0.3 is 4.90 Å². The molecule has 0 heterocycles. The molecule has 18 heavy (non-hydrogen) atoms. The highest BCUT2D eigenvalue weighted by Gasteiger charge is 2.17. The standard InChI is InChI=1S/C16H19NO/c1-12(11-17(2)3)16(18)15-10-6-8-13-7-4-5-9-14(13)15/h4-10,12H,11H2,1-3H3. The molecule has 0 radical (unpaired) electrons. The van der Waals surface area contributed by atoms with Crippen LogP contribution in [0.15, 0.2) is 42.5 Å². The van der Waals surface area contributed by atoms with Gasteiger partial charge in [0.2, 0.25) is 0 Å². The number of ketones is 1. The van der Waals surface area contributed by atoms with Crippen molar-refractivity contribution in [2.75, 3.05) is 20.6 Å². The van der Waals surface area contributed by atoms with E-state index < -0.39 is 0 Å². The van der Waals surface area contributed by atoms with Gasteiger partial charge in [-0.1, -0.05) is 49.4 Å². The molecule has 0 aromatic heterocycles. The van der Waals surface area contributed by atoms with Crippen molar-refractivity contribution in [1.29, 1.82) is 0 Å². The first-order valence-corrected chi connectivity index (χ1v) is 6.26. The number of rotatable bonds is 4. The third-order valence-corrected chi connectivity index (χ3v) is 3.14. The van der Waals surface area contributed by atoms with Crippen LogP contribution in [0.3, 0.4) is 0 Å². The van der Waals surface area contributed by atoms with E-state index in [-0.39, 0.29) is 11.7 Å². The van der Waals surface area contributed by atoms with Crippen molar-refractivity contribution in [3.63, 3.8) is 0 Å². The molecule has 2 aromatic carbocycles. The molecule has 0 spiro atoms. The van der Waals surface area contributed by atoms with Crippen LogP contribution in [0.25, 0.3) is 10.8 Å². The Balaban J connectivity index is 2.39. The van der Waals surface area contributed by atoms with Crippen molar-refractivity contribution in [3.8, 4) is 0 Å². The van der Waals surface area contributed by atoms with Gasteiger partial charge in [-0.2, -0.15) is 0 Å². The normalized spacial score (nSPS) is 12.9. The highest BCUT2D eigenvalue weighted by atomic mass is 16.1. The summed E-state index contributed by atoms with van der Waals surface area (Å²) in [7, 11) is 3.99. The van der Waals surface area contributed by atoms with E-state index in [9.17, 15) is 4.79 Å². The van der Waals surface area contributed by atoms with Crippen molar-refractivity contribution < 1.29 is 4.79 Å². The summed E-state index contributed by atoms with van der Waals surface area (Å²) in [5, 5.41) is 2.18. The molecule has 0 fully saturated rings. The Hall–Kier alpha value is -1.67. The SMILES string of the molecule is CC(CN(C)C)C(=O)c1cccc2ccccc12. The maximum absolute atomic E-state index is 12.5. The summed E-state index contributed by atoms with van der Waals surface area (Å²) in [5.41, 5.74) is 0.836. The van der Waals surface area contributed by atoms with Gasteiger partial charge in [0, 0.05) is 18.0 Å². The molecule has 0 amide bonds. The summed E-state index contributed by atoms with van der Waals surface area (Å²) >= 11 is 0. The second kappa shape index (κ2) is 5.32. The lowest BCUT2D eigenvalue weighted by atomic mass is 9.94. The fourth-order valence-corrected chi connectivity index (χ4v) is 2.34. The number of carbonyl (C=O) groups is 1. The van der Waals surface area contributed by atoms with E-state index in [1.54, 1.807) is 0 Å². The second-order valence-corrected chi connectivity index (χ2v) is 5.05. The van der Waals surface area contributed by atoms with Crippen molar-refractivity contribution in [2.24, 2.45) is 5.92 Å². The van der Waals surface area contributed by atoms with Crippen molar-refractivity contribution >= 4 is 16.6 Å². The van der Waals surface area contributed by atoms with Gasteiger partial charge in [0.25, 0.3) is 0 Å². The van der Waals surface area contributed by atoms with Crippen molar-refractivity contribution in [2.45, 2.75) is 6.92 Å². The Bertz CT molecular complexity index is 555. The Morgan fingerprint density at radius 2 is 1.78 bits per heavy atom. The highest BCUT2D eigenvalue weighted by molar-refractivity contribution is 6.09. The minimum atomic E-state index is 0.0193. The van der Waals surface area contributed by atoms with E-state index in [4.69, 9.17) is 0 Å². The molecule has 0 aliphatic carbocycles. The summed E-state index contributed by atoms with van der Waals surface area (Å²) < 4.78 is 0. The predicted molar refractivity (Wildman–Crippen MR) is 76.0 cm³/mol. The van der Waals surface area contributed by atoms with E-state index in [1.807, 2.05) is 68.4 Å². The summed E-state index contributed by atoms with van der Waals surface area (Å²) in [6, 6.07) is 14.0. The summed E-state index contributed by atoms with van der Waals surface area (Å²) in [6.07, 6.45) is 0. The van der Waals surface area contributed by atoms with Crippen LogP contribution < -0.4 is 0 Å². The van der Waals surface area contributed by atoms with Crippen LogP contribution in [-0.4, -0.2) is 31.3 Å². The zero-order valence-corrected chi connectivity index (χ0v) is 11.2. The smallest absolute Gasteiger partial charge is 0.167 e. The summed E-state index contributed by atoms with van der Waals surface area (Å²) in [4.78, 5) is 14.5. The molecule has 2 rings (SSSR count). The van der Waals surface area contributed by atoms with Crippen molar-refractivity contribution in [1.82, 2.24) is 4.90 Å². The minimum Gasteiger partial charge on any atom is -0.309 e. The Kier molecular flexibility index (Phi) is 3.78. The van der Waals surface area contributed by atoms with E-state index in [2.05, 4.69) is 0 Å². The highest BCUT2D eigenvalue weighted by Crippen LogP contribution is 2.21. The predicted octanol–water partition coefficient (Wildman–Crippen LogP) is 3.22. The Morgan fingerprint density at radius 1 is 1.11 bits per heavy atom. The van der Waals surface area contributed by atoms with Crippen molar-refractivity contribution in [3.05, 3.63) is 48.0 Å². The number of nitrogens with zero attached hydrogens (tertiary/aromatic N) is 1. The van der Waals surface area contributed by atoms with Gasteiger partial charge in [-0.15, -0.1) is 0 Å². The third-order valence-electron chi connectivity index (χ3n) is 3.14. The zero-order chi connectivity index (χ0) is 13.1. The van der Waals surface area contributed by atoms with E-state index >= 15 is 0 Å². The molecule has 0 saturated heterocycles. The van der Waals surface area contributed by atoms with Crippen LogP contribution in [0.5, 0.6) is 0 Å². The van der Waals surface area contributed by atoms with E-state index in [0.29, 0.717) is 0 Å². The van der Waals surface area contributed by atoms with Crippen LogP contribution in [0.1, 0.15) is 17.3 Å². The lowest BCUT2D eigenvalue weighted by Crippen LogP contribution is -2.25. The molecule has 2 aromatic rings. The number of fused-ring (bicyclic) bond motifs is 1. The first kappa shape index (κ1) is 12.8. The van der Waals surface area contributed by atoms with Crippen LogP contribution in [0.2, 0.25) is 0 Å². The van der Waals surface area contributed by atoms with Crippen LogP contribution >= 0.6 is 0 Å². The van der Waals surface area contributed by atoms with Crippen LogP contribution in [0, 0.1) is 5.92 Å². The van der Waals surface area contributed by atoms with Crippen LogP contribution in [0.4, 0.5) is 0 Å². The average Bonchev–Trinajstić information content (AvgIpc) is 2.36. The van der Waals surface area contributed by atoms with E-state index in [0.717, 1.165) is 22.9 Å². The number of hydrogen-bond donors (Lipinski definition) is 0. The van der Waals surface area contributed by atoms with Gasteiger partial charge in [-0.3, -0.25) is 4.79 Å². The second-order valence-electron chi connectivity index (χ2n) is 5.05. The fourth-order valence-electron chi connectivity index (χ4n) is 2.34. The largest absolute Gasteiger partial charge is 0.309 e. The maximum Gasteiger partial charge on any atom is 0.167 e.